The maximum Gasteiger partial charge on any atom is 0.132 e. The van der Waals surface area contributed by atoms with Gasteiger partial charge in [0, 0.05) is 24.8 Å². The van der Waals surface area contributed by atoms with Gasteiger partial charge < -0.3 is 10.0 Å². The van der Waals surface area contributed by atoms with E-state index in [1.807, 2.05) is 24.3 Å². The molecule has 0 unspecified atom stereocenters. The first-order chi connectivity index (χ1) is 9.70. The average molecular weight is 271 g/mol. The van der Waals surface area contributed by atoms with Gasteiger partial charge in [-0.25, -0.2) is 9.97 Å². The lowest BCUT2D eigenvalue weighted by Crippen LogP contribution is -2.27. The van der Waals surface area contributed by atoms with Gasteiger partial charge in [-0.2, -0.15) is 0 Å². The number of rotatable bonds is 6. The Morgan fingerprint density at radius 1 is 1.15 bits per heavy atom. The van der Waals surface area contributed by atoms with E-state index in [1.165, 1.54) is 5.56 Å². The topological polar surface area (TPSA) is 49.2 Å². The van der Waals surface area contributed by atoms with Crippen molar-refractivity contribution >= 4 is 5.82 Å². The fourth-order valence-electron chi connectivity index (χ4n) is 2.05. The molecule has 20 heavy (non-hydrogen) atoms. The largest absolute Gasteiger partial charge is 0.395 e. The number of hydrogen-bond acceptors (Lipinski definition) is 4. The minimum Gasteiger partial charge on any atom is -0.395 e. The van der Waals surface area contributed by atoms with Gasteiger partial charge in [0.05, 0.1) is 6.61 Å². The average Bonchev–Trinajstić information content (AvgIpc) is 2.48. The van der Waals surface area contributed by atoms with Gasteiger partial charge >= 0.3 is 0 Å². The van der Waals surface area contributed by atoms with E-state index >= 15 is 0 Å². The van der Waals surface area contributed by atoms with Crippen molar-refractivity contribution in [3.63, 3.8) is 0 Å². The molecular weight excluding hydrogens is 250 g/mol. The van der Waals surface area contributed by atoms with Crippen LogP contribution in [0.25, 0.3) is 0 Å². The number of nitrogens with zero attached hydrogens (tertiary/aromatic N) is 3. The third-order valence-corrected chi connectivity index (χ3v) is 3.18. The quantitative estimate of drug-likeness (QED) is 0.877. The van der Waals surface area contributed by atoms with Gasteiger partial charge in [0.25, 0.3) is 0 Å². The number of hydrogen-bond donors (Lipinski definition) is 1. The van der Waals surface area contributed by atoms with Crippen LogP contribution in [0.4, 0.5) is 5.82 Å². The second-order valence-electron chi connectivity index (χ2n) is 5.09. The van der Waals surface area contributed by atoms with E-state index in [9.17, 15) is 5.11 Å². The smallest absolute Gasteiger partial charge is 0.132 e. The van der Waals surface area contributed by atoms with Crippen molar-refractivity contribution in [3.05, 3.63) is 54.0 Å². The van der Waals surface area contributed by atoms with E-state index in [0.717, 1.165) is 18.1 Å². The Morgan fingerprint density at radius 2 is 1.90 bits per heavy atom. The Balaban J connectivity index is 2.21. The lowest BCUT2D eigenvalue weighted by atomic mass is 10.1. The van der Waals surface area contributed by atoms with Crippen LogP contribution in [0.1, 0.15) is 31.0 Å². The number of aliphatic hydroxyl groups excluding tert-OH is 1. The molecule has 0 aliphatic rings. The number of benzene rings is 1. The van der Waals surface area contributed by atoms with Crippen LogP contribution in [0.3, 0.4) is 0 Å². The fraction of sp³-hybridized carbons (Fsp3) is 0.375. The van der Waals surface area contributed by atoms with Crippen LogP contribution >= 0.6 is 0 Å². The standard InChI is InChI=1S/C16H21N3O/c1-13(2)15-10-16(18-12-17-15)19(8-9-20)11-14-6-4-3-5-7-14/h3-7,10,12-13,20H,8-9,11H2,1-2H3. The summed E-state index contributed by atoms with van der Waals surface area (Å²) in [5, 5.41) is 9.27. The van der Waals surface area contributed by atoms with Gasteiger partial charge in [0.15, 0.2) is 0 Å². The van der Waals surface area contributed by atoms with E-state index in [2.05, 4.69) is 40.8 Å². The van der Waals surface area contributed by atoms with Gasteiger partial charge in [-0.1, -0.05) is 44.2 Å². The highest BCUT2D eigenvalue weighted by Crippen LogP contribution is 2.18. The van der Waals surface area contributed by atoms with Gasteiger partial charge in [-0.15, -0.1) is 0 Å². The molecule has 1 aromatic carbocycles. The highest BCUT2D eigenvalue weighted by molar-refractivity contribution is 5.40. The summed E-state index contributed by atoms with van der Waals surface area (Å²) < 4.78 is 0. The first-order valence-corrected chi connectivity index (χ1v) is 6.92. The van der Waals surface area contributed by atoms with Crippen molar-refractivity contribution in [3.8, 4) is 0 Å². The molecule has 0 aliphatic carbocycles. The third-order valence-electron chi connectivity index (χ3n) is 3.18. The summed E-state index contributed by atoms with van der Waals surface area (Å²) in [7, 11) is 0. The predicted molar refractivity (Wildman–Crippen MR) is 80.7 cm³/mol. The minimum atomic E-state index is 0.105. The predicted octanol–water partition coefficient (Wildman–Crippen LogP) is 2.60. The maximum absolute atomic E-state index is 9.27. The van der Waals surface area contributed by atoms with Crippen LogP contribution in [-0.4, -0.2) is 28.2 Å². The number of anilines is 1. The SMILES string of the molecule is CC(C)c1cc(N(CCO)Cc2ccccc2)ncn1. The van der Waals surface area contributed by atoms with Gasteiger partial charge in [-0.3, -0.25) is 0 Å². The lowest BCUT2D eigenvalue weighted by Gasteiger charge is -2.23. The van der Waals surface area contributed by atoms with E-state index < -0.39 is 0 Å². The van der Waals surface area contributed by atoms with Crippen molar-refractivity contribution in [2.24, 2.45) is 0 Å². The molecule has 106 valence electrons. The van der Waals surface area contributed by atoms with Crippen LogP contribution in [0.2, 0.25) is 0 Å². The molecule has 4 heteroatoms. The number of aliphatic hydroxyl groups is 1. The van der Waals surface area contributed by atoms with Gasteiger partial charge in [-0.05, 0) is 11.5 Å². The van der Waals surface area contributed by atoms with E-state index in [0.29, 0.717) is 12.5 Å². The monoisotopic (exact) mass is 271 g/mol. The molecule has 0 atom stereocenters. The lowest BCUT2D eigenvalue weighted by molar-refractivity contribution is 0.301. The van der Waals surface area contributed by atoms with Crippen molar-refractivity contribution in [1.82, 2.24) is 9.97 Å². The van der Waals surface area contributed by atoms with Crippen LogP contribution in [0, 0.1) is 0 Å². The molecule has 0 amide bonds. The second kappa shape index (κ2) is 7.01. The maximum atomic E-state index is 9.27. The van der Waals surface area contributed by atoms with Crippen molar-refractivity contribution in [2.45, 2.75) is 26.3 Å². The molecule has 1 aromatic heterocycles. The summed E-state index contributed by atoms with van der Waals surface area (Å²) in [4.78, 5) is 10.7. The van der Waals surface area contributed by atoms with Crippen LogP contribution in [0.5, 0.6) is 0 Å². The minimum absolute atomic E-state index is 0.105. The van der Waals surface area contributed by atoms with Crippen LogP contribution in [0.15, 0.2) is 42.7 Å². The van der Waals surface area contributed by atoms with Gasteiger partial charge in [0.1, 0.15) is 12.1 Å². The zero-order valence-electron chi connectivity index (χ0n) is 12.0. The Morgan fingerprint density at radius 3 is 2.55 bits per heavy atom. The summed E-state index contributed by atoms with van der Waals surface area (Å²) in [6, 6.07) is 12.2. The molecule has 0 saturated carbocycles. The highest BCUT2D eigenvalue weighted by Gasteiger charge is 2.10. The molecule has 2 aromatic rings. The third kappa shape index (κ3) is 3.78. The van der Waals surface area contributed by atoms with Gasteiger partial charge in [0.2, 0.25) is 0 Å². The molecule has 0 bridgehead atoms. The van der Waals surface area contributed by atoms with Crippen molar-refractivity contribution < 1.29 is 5.11 Å². The normalized spacial score (nSPS) is 10.8. The molecule has 4 nitrogen and oxygen atoms in total. The Labute approximate surface area is 120 Å². The molecular formula is C16H21N3O. The van der Waals surface area contributed by atoms with E-state index in [-0.39, 0.29) is 6.61 Å². The molecule has 0 spiro atoms. The molecule has 0 fully saturated rings. The zero-order chi connectivity index (χ0) is 14.4. The zero-order valence-corrected chi connectivity index (χ0v) is 12.0. The first kappa shape index (κ1) is 14.5. The Bertz CT molecular complexity index is 528. The summed E-state index contributed by atoms with van der Waals surface area (Å²) in [5.74, 6) is 1.23. The molecule has 0 radical (unpaired) electrons. The van der Waals surface area contributed by atoms with Crippen molar-refractivity contribution in [2.75, 3.05) is 18.1 Å². The van der Waals surface area contributed by atoms with Crippen molar-refractivity contribution in [1.29, 1.82) is 0 Å². The summed E-state index contributed by atoms with van der Waals surface area (Å²) in [5.41, 5.74) is 2.22. The van der Waals surface area contributed by atoms with E-state index in [1.54, 1.807) is 6.33 Å². The summed E-state index contributed by atoms with van der Waals surface area (Å²) in [6.07, 6.45) is 1.60. The fourth-order valence-corrected chi connectivity index (χ4v) is 2.05. The first-order valence-electron chi connectivity index (χ1n) is 6.92. The molecule has 1 heterocycles. The van der Waals surface area contributed by atoms with Crippen LogP contribution in [-0.2, 0) is 6.54 Å². The van der Waals surface area contributed by atoms with E-state index in [4.69, 9.17) is 0 Å². The molecule has 1 N–H and O–H groups in total. The highest BCUT2D eigenvalue weighted by atomic mass is 16.3. The number of aromatic nitrogens is 2. The second-order valence-corrected chi connectivity index (χ2v) is 5.09. The molecule has 0 saturated heterocycles. The van der Waals surface area contributed by atoms with Crippen LogP contribution < -0.4 is 4.90 Å². The Hall–Kier alpha value is -1.94. The molecule has 0 aliphatic heterocycles. The molecule has 2 rings (SSSR count). The Kier molecular flexibility index (Phi) is 5.07. The summed E-state index contributed by atoms with van der Waals surface area (Å²) in [6.45, 7) is 5.62. The summed E-state index contributed by atoms with van der Waals surface area (Å²) >= 11 is 0.